The molecular weight excluding hydrogens is 363 g/mol. The Labute approximate surface area is 133 Å². The summed E-state index contributed by atoms with van der Waals surface area (Å²) >= 11 is 11.1. The zero-order valence-electron chi connectivity index (χ0n) is 10.7. The van der Waals surface area contributed by atoms with Gasteiger partial charge in [-0.25, -0.2) is 9.37 Å². The highest BCUT2D eigenvalue weighted by atomic mass is 79.9. The van der Waals surface area contributed by atoms with Crippen LogP contribution in [0.1, 0.15) is 16.3 Å². The van der Waals surface area contributed by atoms with Crippen LogP contribution in [-0.4, -0.2) is 9.55 Å². The van der Waals surface area contributed by atoms with Gasteiger partial charge in [-0.15, -0.1) is 22.9 Å². The molecule has 0 saturated carbocycles. The van der Waals surface area contributed by atoms with Crippen molar-refractivity contribution in [2.24, 2.45) is 0 Å². The highest BCUT2D eigenvalue weighted by Gasteiger charge is 2.13. The molecule has 0 saturated heterocycles. The molecule has 0 amide bonds. The summed E-state index contributed by atoms with van der Waals surface area (Å²) in [6, 6.07) is 5.38. The first-order valence-electron chi connectivity index (χ1n) is 6.02. The van der Waals surface area contributed by atoms with Gasteiger partial charge in [0.05, 0.1) is 23.5 Å². The molecule has 0 aliphatic heterocycles. The molecule has 2 nitrogen and oxygen atoms in total. The van der Waals surface area contributed by atoms with Gasteiger partial charge in [0, 0.05) is 20.8 Å². The van der Waals surface area contributed by atoms with Crippen LogP contribution >= 0.6 is 38.9 Å². The van der Waals surface area contributed by atoms with Crippen molar-refractivity contribution >= 4 is 49.9 Å². The van der Waals surface area contributed by atoms with Gasteiger partial charge < -0.3 is 4.57 Å². The van der Waals surface area contributed by atoms with Crippen molar-refractivity contribution in [3.63, 3.8) is 0 Å². The third-order valence-corrected chi connectivity index (χ3v) is 5.08. The molecule has 0 unspecified atom stereocenters. The summed E-state index contributed by atoms with van der Waals surface area (Å²) in [5, 5.41) is 2.04. The molecule has 104 valence electrons. The molecule has 2 aromatic heterocycles. The minimum atomic E-state index is -0.234. The standard InChI is InChI=1S/C14H11BrClFN2S/c1-8-2-13-12(4-11(8)17)18-14(5-16)19(13)6-10-3-9(15)7-20-10/h2-4,7H,5-6H2,1H3. The van der Waals surface area contributed by atoms with Crippen molar-refractivity contribution in [1.29, 1.82) is 0 Å². The van der Waals surface area contributed by atoms with Crippen LogP contribution in [-0.2, 0) is 12.4 Å². The fraction of sp³-hybridized carbons (Fsp3) is 0.214. The normalized spacial score (nSPS) is 11.4. The van der Waals surface area contributed by atoms with E-state index in [0.717, 1.165) is 15.8 Å². The average Bonchev–Trinajstić information content (AvgIpc) is 2.96. The van der Waals surface area contributed by atoms with Crippen molar-refractivity contribution < 1.29 is 4.39 Å². The fourth-order valence-corrected chi connectivity index (χ4v) is 3.81. The van der Waals surface area contributed by atoms with Crippen LogP contribution in [0.5, 0.6) is 0 Å². The smallest absolute Gasteiger partial charge is 0.128 e. The Morgan fingerprint density at radius 3 is 2.85 bits per heavy atom. The molecule has 0 fully saturated rings. The second kappa shape index (κ2) is 5.47. The molecule has 0 N–H and O–H groups in total. The molecule has 0 spiro atoms. The van der Waals surface area contributed by atoms with E-state index in [1.807, 2.05) is 16.0 Å². The van der Waals surface area contributed by atoms with Crippen LogP contribution in [0.15, 0.2) is 28.1 Å². The quantitative estimate of drug-likeness (QED) is 0.584. The Kier molecular flexibility index (Phi) is 3.84. The van der Waals surface area contributed by atoms with Crippen LogP contribution in [0, 0.1) is 12.7 Å². The van der Waals surface area contributed by atoms with Gasteiger partial charge in [0.1, 0.15) is 11.6 Å². The van der Waals surface area contributed by atoms with E-state index in [4.69, 9.17) is 11.6 Å². The molecular formula is C14H11BrClFN2S. The van der Waals surface area contributed by atoms with Crippen molar-refractivity contribution in [3.05, 3.63) is 50.1 Å². The van der Waals surface area contributed by atoms with Crippen LogP contribution < -0.4 is 0 Å². The zero-order valence-corrected chi connectivity index (χ0v) is 13.8. The van der Waals surface area contributed by atoms with Crippen LogP contribution in [0.2, 0.25) is 0 Å². The van der Waals surface area contributed by atoms with E-state index in [-0.39, 0.29) is 5.82 Å². The van der Waals surface area contributed by atoms with E-state index in [0.29, 0.717) is 23.5 Å². The maximum Gasteiger partial charge on any atom is 0.128 e. The van der Waals surface area contributed by atoms with Crippen molar-refractivity contribution in [2.75, 3.05) is 0 Å². The summed E-state index contributed by atoms with van der Waals surface area (Å²) < 4.78 is 16.8. The first-order valence-corrected chi connectivity index (χ1v) is 8.23. The highest BCUT2D eigenvalue weighted by molar-refractivity contribution is 9.10. The SMILES string of the molecule is Cc1cc2c(cc1F)nc(CCl)n2Cc1cc(Br)cs1. The number of thiophene rings is 1. The molecule has 6 heteroatoms. The number of alkyl halides is 1. The second-order valence-corrected chi connectivity index (χ2v) is 6.75. The Morgan fingerprint density at radius 2 is 2.20 bits per heavy atom. The summed E-state index contributed by atoms with van der Waals surface area (Å²) in [7, 11) is 0. The lowest BCUT2D eigenvalue weighted by Crippen LogP contribution is -2.02. The molecule has 0 radical (unpaired) electrons. The largest absolute Gasteiger partial charge is 0.322 e. The van der Waals surface area contributed by atoms with Crippen molar-refractivity contribution in [1.82, 2.24) is 9.55 Å². The van der Waals surface area contributed by atoms with Gasteiger partial charge in [0.25, 0.3) is 0 Å². The number of aromatic nitrogens is 2. The predicted molar refractivity (Wildman–Crippen MR) is 85.1 cm³/mol. The molecule has 3 rings (SSSR count). The molecule has 2 heterocycles. The Bertz CT molecular complexity index is 781. The number of rotatable bonds is 3. The first kappa shape index (κ1) is 14.0. The summed E-state index contributed by atoms with van der Waals surface area (Å²) in [6.45, 7) is 2.45. The molecule has 0 aliphatic rings. The fourth-order valence-electron chi connectivity index (χ4n) is 2.17. The number of aryl methyl sites for hydroxylation is 1. The number of nitrogens with zero attached hydrogens (tertiary/aromatic N) is 2. The van der Waals surface area contributed by atoms with Crippen molar-refractivity contribution in [3.8, 4) is 0 Å². The molecule has 0 atom stereocenters. The third-order valence-electron chi connectivity index (χ3n) is 3.16. The van der Waals surface area contributed by atoms with Gasteiger partial charge in [-0.3, -0.25) is 0 Å². The zero-order chi connectivity index (χ0) is 14.3. The van der Waals surface area contributed by atoms with E-state index in [1.165, 1.54) is 10.9 Å². The minimum absolute atomic E-state index is 0.234. The highest BCUT2D eigenvalue weighted by Crippen LogP contribution is 2.25. The summed E-state index contributed by atoms with van der Waals surface area (Å²) in [5.74, 6) is 0.834. The molecule has 1 aromatic carbocycles. The Morgan fingerprint density at radius 1 is 1.40 bits per heavy atom. The average molecular weight is 374 g/mol. The van der Waals surface area contributed by atoms with Gasteiger partial charge in [0.15, 0.2) is 0 Å². The number of benzene rings is 1. The number of imidazole rings is 1. The molecule has 20 heavy (non-hydrogen) atoms. The van der Waals surface area contributed by atoms with E-state index in [2.05, 4.69) is 27.0 Å². The van der Waals surface area contributed by atoms with Gasteiger partial charge in [-0.2, -0.15) is 0 Å². The lowest BCUT2D eigenvalue weighted by atomic mass is 10.2. The maximum absolute atomic E-state index is 13.6. The lowest BCUT2D eigenvalue weighted by Gasteiger charge is -2.06. The maximum atomic E-state index is 13.6. The lowest BCUT2D eigenvalue weighted by molar-refractivity contribution is 0.620. The first-order chi connectivity index (χ1) is 9.58. The number of halogens is 3. The van der Waals surface area contributed by atoms with Crippen molar-refractivity contribution in [2.45, 2.75) is 19.3 Å². The topological polar surface area (TPSA) is 17.8 Å². The summed E-state index contributed by atoms with van der Waals surface area (Å²) in [4.78, 5) is 5.62. The van der Waals surface area contributed by atoms with E-state index in [9.17, 15) is 4.39 Å². The number of hydrogen-bond donors (Lipinski definition) is 0. The van der Waals surface area contributed by atoms with Gasteiger partial charge in [-0.1, -0.05) is 0 Å². The van der Waals surface area contributed by atoms with Gasteiger partial charge >= 0.3 is 0 Å². The van der Waals surface area contributed by atoms with Gasteiger partial charge in [0.2, 0.25) is 0 Å². The Balaban J connectivity index is 2.14. The minimum Gasteiger partial charge on any atom is -0.322 e. The monoisotopic (exact) mass is 372 g/mol. The van der Waals surface area contributed by atoms with Gasteiger partial charge in [-0.05, 0) is 40.5 Å². The van der Waals surface area contributed by atoms with Crippen LogP contribution in [0.3, 0.4) is 0 Å². The Hall–Kier alpha value is -0.910. The van der Waals surface area contributed by atoms with E-state index >= 15 is 0 Å². The second-order valence-electron chi connectivity index (χ2n) is 4.57. The van der Waals surface area contributed by atoms with E-state index in [1.54, 1.807) is 18.3 Å². The summed E-state index contributed by atoms with van der Waals surface area (Å²) in [6.07, 6.45) is 0. The van der Waals surface area contributed by atoms with Crippen LogP contribution in [0.4, 0.5) is 4.39 Å². The summed E-state index contributed by atoms with van der Waals surface area (Å²) in [5.41, 5.74) is 2.19. The van der Waals surface area contributed by atoms with E-state index < -0.39 is 0 Å². The number of fused-ring (bicyclic) bond motifs is 1. The predicted octanol–water partition coefficient (Wildman–Crippen LogP) is 5.09. The number of hydrogen-bond acceptors (Lipinski definition) is 2. The third kappa shape index (κ3) is 2.50. The molecule has 3 aromatic rings. The van der Waals surface area contributed by atoms with Crippen LogP contribution in [0.25, 0.3) is 11.0 Å². The molecule has 0 aliphatic carbocycles. The molecule has 0 bridgehead atoms.